The number of thiazole rings is 1. The van der Waals surface area contributed by atoms with Crippen LogP contribution in [0.2, 0.25) is 0 Å². The van der Waals surface area contributed by atoms with Gasteiger partial charge in [0, 0.05) is 12.3 Å². The molecule has 0 saturated heterocycles. The van der Waals surface area contributed by atoms with Crippen LogP contribution < -0.4 is 5.32 Å². The molecule has 0 aliphatic carbocycles. The van der Waals surface area contributed by atoms with Crippen molar-refractivity contribution in [2.24, 2.45) is 0 Å². The minimum atomic E-state index is -0.855. The molecule has 0 aromatic carbocycles. The van der Waals surface area contributed by atoms with Crippen LogP contribution in [0.4, 0.5) is 0 Å². The summed E-state index contributed by atoms with van der Waals surface area (Å²) in [7, 11) is 0. The normalized spacial score (nSPS) is 10.4. The van der Waals surface area contributed by atoms with E-state index >= 15 is 0 Å². The molecule has 6 nitrogen and oxygen atoms in total. The first-order valence-electron chi connectivity index (χ1n) is 5.74. The van der Waals surface area contributed by atoms with E-state index in [-0.39, 0.29) is 11.7 Å². The summed E-state index contributed by atoms with van der Waals surface area (Å²) in [6.07, 6.45) is 3.05. The molecule has 0 aliphatic heterocycles. The smallest absolute Gasteiger partial charge is 0.313 e. The second kappa shape index (κ2) is 7.11. The summed E-state index contributed by atoms with van der Waals surface area (Å²) < 4.78 is 5.21. The zero-order valence-electron chi connectivity index (χ0n) is 10.4. The van der Waals surface area contributed by atoms with Crippen molar-refractivity contribution < 1.29 is 19.1 Å². The van der Waals surface area contributed by atoms with Gasteiger partial charge in [0.1, 0.15) is 4.88 Å². The van der Waals surface area contributed by atoms with Crippen LogP contribution in [0, 0.1) is 0 Å². The molecule has 2 N–H and O–H groups in total. The molecule has 0 fully saturated rings. The third kappa shape index (κ3) is 4.10. The van der Waals surface area contributed by atoms with E-state index in [9.17, 15) is 9.59 Å². The number of amides is 1. The molecule has 8 heteroatoms. The number of nitrogens with zero attached hydrogens (tertiary/aromatic N) is 1. The largest absolute Gasteiger partial charge is 0.481 e. The number of carboxylic acids is 1. The Morgan fingerprint density at radius 1 is 1.50 bits per heavy atom. The van der Waals surface area contributed by atoms with Crippen LogP contribution >= 0.6 is 23.1 Å². The Bertz CT molecular complexity index is 580. The second-order valence-electron chi connectivity index (χ2n) is 3.71. The van der Waals surface area contributed by atoms with Gasteiger partial charge in [-0.25, -0.2) is 4.98 Å². The van der Waals surface area contributed by atoms with Gasteiger partial charge < -0.3 is 14.8 Å². The third-order valence-corrected chi connectivity index (χ3v) is 4.17. The molecular weight excluding hydrogens is 300 g/mol. The van der Waals surface area contributed by atoms with E-state index in [0.717, 1.165) is 0 Å². The molecule has 2 rings (SSSR count). The molecule has 1 amide bonds. The van der Waals surface area contributed by atoms with Gasteiger partial charge in [-0.3, -0.25) is 9.59 Å². The number of nitrogens with one attached hydrogen (secondary N) is 1. The van der Waals surface area contributed by atoms with E-state index in [4.69, 9.17) is 9.52 Å². The lowest BCUT2D eigenvalue weighted by Crippen LogP contribution is -2.25. The van der Waals surface area contributed by atoms with E-state index < -0.39 is 5.97 Å². The average Bonchev–Trinajstić information content (AvgIpc) is 3.08. The van der Waals surface area contributed by atoms with Crippen LogP contribution in [0.5, 0.6) is 0 Å². The van der Waals surface area contributed by atoms with Crippen LogP contribution in [0.25, 0.3) is 10.8 Å². The number of thioether (sulfide) groups is 1. The number of rotatable bonds is 7. The molecule has 0 spiro atoms. The molecular formula is C12H12N2O4S2. The Hall–Kier alpha value is -1.80. The van der Waals surface area contributed by atoms with Crippen LogP contribution in [0.1, 0.15) is 9.67 Å². The predicted molar refractivity (Wildman–Crippen MR) is 77.1 cm³/mol. The van der Waals surface area contributed by atoms with E-state index in [1.165, 1.54) is 29.3 Å². The van der Waals surface area contributed by atoms with Crippen molar-refractivity contribution >= 4 is 35.0 Å². The van der Waals surface area contributed by atoms with Gasteiger partial charge in [0.25, 0.3) is 5.91 Å². The Labute approximate surface area is 123 Å². The molecule has 20 heavy (non-hydrogen) atoms. The van der Waals surface area contributed by atoms with Gasteiger partial charge in [-0.1, -0.05) is 0 Å². The minimum Gasteiger partial charge on any atom is -0.481 e. The highest BCUT2D eigenvalue weighted by Gasteiger charge is 2.12. The van der Waals surface area contributed by atoms with Gasteiger partial charge in [0.05, 0.1) is 18.2 Å². The number of hydrogen-bond acceptors (Lipinski definition) is 6. The standard InChI is InChI=1S/C12H12N2O4S2/c15-10(16)7-19-5-3-13-11(17)9-6-14-12(20-9)8-2-1-4-18-8/h1-2,4,6H,3,5,7H2,(H,13,17)(H,15,16). The Morgan fingerprint density at radius 3 is 3.05 bits per heavy atom. The van der Waals surface area contributed by atoms with Gasteiger partial charge in [0.15, 0.2) is 10.8 Å². The van der Waals surface area contributed by atoms with Gasteiger partial charge in [-0.15, -0.1) is 23.1 Å². The fraction of sp³-hybridized carbons (Fsp3) is 0.250. The highest BCUT2D eigenvalue weighted by Crippen LogP contribution is 2.25. The summed E-state index contributed by atoms with van der Waals surface area (Å²) in [5.74, 6) is 0.162. The van der Waals surface area contributed by atoms with Crippen LogP contribution in [0.3, 0.4) is 0 Å². The maximum absolute atomic E-state index is 11.8. The summed E-state index contributed by atoms with van der Waals surface area (Å²) in [4.78, 5) is 26.8. The van der Waals surface area contributed by atoms with E-state index in [0.29, 0.717) is 27.9 Å². The van der Waals surface area contributed by atoms with Crippen molar-refractivity contribution in [3.8, 4) is 10.8 Å². The van der Waals surface area contributed by atoms with E-state index in [2.05, 4.69) is 10.3 Å². The second-order valence-corrected chi connectivity index (χ2v) is 5.85. The van der Waals surface area contributed by atoms with Crippen molar-refractivity contribution in [1.82, 2.24) is 10.3 Å². The van der Waals surface area contributed by atoms with Gasteiger partial charge >= 0.3 is 5.97 Å². The fourth-order valence-electron chi connectivity index (χ4n) is 1.38. The van der Waals surface area contributed by atoms with Gasteiger partial charge in [-0.05, 0) is 12.1 Å². The number of hydrogen-bond donors (Lipinski definition) is 2. The Kier molecular flexibility index (Phi) is 5.19. The lowest BCUT2D eigenvalue weighted by molar-refractivity contribution is -0.133. The first kappa shape index (κ1) is 14.6. The van der Waals surface area contributed by atoms with Crippen LogP contribution in [-0.2, 0) is 4.79 Å². The first-order valence-corrected chi connectivity index (χ1v) is 7.71. The lowest BCUT2D eigenvalue weighted by Gasteiger charge is -2.01. The molecule has 0 radical (unpaired) electrons. The highest BCUT2D eigenvalue weighted by molar-refractivity contribution is 7.99. The molecule has 0 aliphatic rings. The minimum absolute atomic E-state index is 0.0407. The Balaban J connectivity index is 1.80. The predicted octanol–water partition coefficient (Wildman–Crippen LogP) is 1.95. The maximum atomic E-state index is 11.8. The zero-order valence-corrected chi connectivity index (χ0v) is 12.0. The summed E-state index contributed by atoms with van der Waals surface area (Å²) in [6, 6.07) is 3.54. The van der Waals surface area contributed by atoms with Crippen molar-refractivity contribution in [3.63, 3.8) is 0 Å². The average molecular weight is 312 g/mol. The maximum Gasteiger partial charge on any atom is 0.313 e. The SMILES string of the molecule is O=C(O)CSCCNC(=O)c1cnc(-c2ccco2)s1. The number of furan rings is 1. The molecule has 0 saturated carbocycles. The number of carbonyl (C=O) groups excluding carboxylic acids is 1. The summed E-state index contributed by atoms with van der Waals surface area (Å²) >= 11 is 2.51. The summed E-state index contributed by atoms with van der Waals surface area (Å²) in [6.45, 7) is 0.421. The molecule has 0 bridgehead atoms. The molecule has 2 heterocycles. The fourth-order valence-corrected chi connectivity index (χ4v) is 2.74. The van der Waals surface area contributed by atoms with Crippen LogP contribution in [0.15, 0.2) is 29.0 Å². The molecule has 0 atom stereocenters. The first-order chi connectivity index (χ1) is 9.66. The van der Waals surface area contributed by atoms with Crippen molar-refractivity contribution in [1.29, 1.82) is 0 Å². The quantitative estimate of drug-likeness (QED) is 0.759. The van der Waals surface area contributed by atoms with Crippen molar-refractivity contribution in [2.75, 3.05) is 18.1 Å². The third-order valence-electron chi connectivity index (χ3n) is 2.22. The van der Waals surface area contributed by atoms with Crippen molar-refractivity contribution in [3.05, 3.63) is 29.5 Å². The zero-order chi connectivity index (χ0) is 14.4. The van der Waals surface area contributed by atoms with Gasteiger partial charge in [-0.2, -0.15) is 0 Å². The topological polar surface area (TPSA) is 92.4 Å². The lowest BCUT2D eigenvalue weighted by atomic mass is 10.5. The monoisotopic (exact) mass is 312 g/mol. The van der Waals surface area contributed by atoms with Crippen molar-refractivity contribution in [2.45, 2.75) is 0 Å². The molecule has 2 aromatic heterocycles. The number of carbonyl (C=O) groups is 2. The van der Waals surface area contributed by atoms with Gasteiger partial charge in [0.2, 0.25) is 0 Å². The number of carboxylic acid groups (broad SMARTS) is 1. The highest BCUT2D eigenvalue weighted by atomic mass is 32.2. The summed E-state index contributed by atoms with van der Waals surface area (Å²) in [5.41, 5.74) is 0. The number of aromatic nitrogens is 1. The Morgan fingerprint density at radius 2 is 2.35 bits per heavy atom. The molecule has 0 unspecified atom stereocenters. The molecule has 106 valence electrons. The summed E-state index contributed by atoms with van der Waals surface area (Å²) in [5, 5.41) is 11.8. The number of aliphatic carboxylic acids is 1. The van der Waals surface area contributed by atoms with E-state index in [1.807, 2.05) is 0 Å². The van der Waals surface area contributed by atoms with Crippen LogP contribution in [-0.4, -0.2) is 40.0 Å². The molecule has 2 aromatic rings. The van der Waals surface area contributed by atoms with E-state index in [1.54, 1.807) is 18.4 Å².